The van der Waals surface area contributed by atoms with Gasteiger partial charge in [0.15, 0.2) is 0 Å². The summed E-state index contributed by atoms with van der Waals surface area (Å²) in [6.45, 7) is 6.37. The third-order valence-electron chi connectivity index (χ3n) is 3.52. The molecular formula is C14H21N3O. The van der Waals surface area contributed by atoms with E-state index in [4.69, 9.17) is 0 Å². The van der Waals surface area contributed by atoms with Gasteiger partial charge in [0.25, 0.3) is 0 Å². The van der Waals surface area contributed by atoms with Crippen molar-refractivity contribution in [2.45, 2.75) is 26.7 Å². The Balaban J connectivity index is 1.77. The summed E-state index contributed by atoms with van der Waals surface area (Å²) in [5.41, 5.74) is 1.03. The van der Waals surface area contributed by atoms with Crippen LogP contribution in [0.15, 0.2) is 18.2 Å². The summed E-state index contributed by atoms with van der Waals surface area (Å²) >= 11 is 0. The molecule has 0 spiro atoms. The molecule has 0 atom stereocenters. The van der Waals surface area contributed by atoms with E-state index in [2.05, 4.69) is 10.3 Å². The normalized spacial score (nSPS) is 16.7. The number of rotatable bonds is 3. The molecule has 4 heteroatoms. The van der Waals surface area contributed by atoms with Crippen molar-refractivity contribution in [1.82, 2.24) is 9.88 Å². The van der Waals surface area contributed by atoms with E-state index < -0.39 is 0 Å². The van der Waals surface area contributed by atoms with Gasteiger partial charge in [0.1, 0.15) is 5.82 Å². The van der Waals surface area contributed by atoms with Gasteiger partial charge in [-0.3, -0.25) is 4.79 Å². The van der Waals surface area contributed by atoms with Crippen molar-refractivity contribution >= 4 is 11.7 Å². The molecule has 1 aromatic heterocycles. The molecule has 0 unspecified atom stereocenters. The largest absolute Gasteiger partial charge is 0.370 e. The van der Waals surface area contributed by atoms with Crippen molar-refractivity contribution in [3.63, 3.8) is 0 Å². The topological polar surface area (TPSA) is 45.2 Å². The van der Waals surface area contributed by atoms with Crippen LogP contribution in [0.4, 0.5) is 5.82 Å². The molecule has 1 N–H and O–H groups in total. The number of nitrogens with one attached hydrogen (secondary N) is 1. The molecule has 0 aliphatic carbocycles. The maximum absolute atomic E-state index is 11.2. The molecule has 0 bridgehead atoms. The summed E-state index contributed by atoms with van der Waals surface area (Å²) in [5, 5.41) is 3.38. The van der Waals surface area contributed by atoms with E-state index in [0.717, 1.165) is 44.0 Å². The second kappa shape index (κ2) is 5.85. The molecule has 1 fully saturated rings. The van der Waals surface area contributed by atoms with Gasteiger partial charge in [0.2, 0.25) is 5.91 Å². The van der Waals surface area contributed by atoms with E-state index in [0.29, 0.717) is 5.92 Å². The first-order valence-electron chi connectivity index (χ1n) is 6.58. The Kier molecular flexibility index (Phi) is 4.18. The van der Waals surface area contributed by atoms with Crippen LogP contribution >= 0.6 is 0 Å². The van der Waals surface area contributed by atoms with Crippen LogP contribution in [0, 0.1) is 12.8 Å². The Morgan fingerprint density at radius 1 is 1.44 bits per heavy atom. The highest BCUT2D eigenvalue weighted by atomic mass is 16.2. The van der Waals surface area contributed by atoms with Gasteiger partial charge in [-0.05, 0) is 37.8 Å². The minimum absolute atomic E-state index is 0.196. The molecule has 2 rings (SSSR count). The lowest BCUT2D eigenvalue weighted by molar-refractivity contribution is -0.130. The number of aryl methyl sites for hydroxylation is 1. The molecule has 0 aromatic carbocycles. The van der Waals surface area contributed by atoms with Crippen LogP contribution in [-0.4, -0.2) is 35.4 Å². The smallest absolute Gasteiger partial charge is 0.219 e. The van der Waals surface area contributed by atoms with Crippen molar-refractivity contribution in [2.75, 3.05) is 25.0 Å². The van der Waals surface area contributed by atoms with E-state index in [1.165, 1.54) is 0 Å². The molecule has 0 radical (unpaired) electrons. The number of anilines is 1. The first kappa shape index (κ1) is 12.9. The minimum Gasteiger partial charge on any atom is -0.370 e. The second-order valence-electron chi connectivity index (χ2n) is 4.99. The molecular weight excluding hydrogens is 226 g/mol. The van der Waals surface area contributed by atoms with Crippen LogP contribution in [0.25, 0.3) is 0 Å². The van der Waals surface area contributed by atoms with Gasteiger partial charge in [-0.15, -0.1) is 0 Å². The number of nitrogens with zero attached hydrogens (tertiary/aromatic N) is 2. The second-order valence-corrected chi connectivity index (χ2v) is 4.99. The number of aromatic nitrogens is 1. The summed E-state index contributed by atoms with van der Waals surface area (Å²) in [4.78, 5) is 17.6. The predicted octanol–water partition coefficient (Wildman–Crippen LogP) is 2.06. The van der Waals surface area contributed by atoms with E-state index in [-0.39, 0.29) is 5.91 Å². The van der Waals surface area contributed by atoms with Gasteiger partial charge in [-0.25, -0.2) is 4.98 Å². The molecule has 4 nitrogen and oxygen atoms in total. The molecule has 1 aliphatic rings. The van der Waals surface area contributed by atoms with E-state index in [1.807, 2.05) is 30.0 Å². The summed E-state index contributed by atoms with van der Waals surface area (Å²) < 4.78 is 0. The van der Waals surface area contributed by atoms with Crippen molar-refractivity contribution in [1.29, 1.82) is 0 Å². The van der Waals surface area contributed by atoms with Crippen molar-refractivity contribution in [3.05, 3.63) is 23.9 Å². The van der Waals surface area contributed by atoms with Crippen LogP contribution in [0.3, 0.4) is 0 Å². The van der Waals surface area contributed by atoms with E-state index in [1.54, 1.807) is 6.92 Å². The quantitative estimate of drug-likeness (QED) is 0.889. The molecule has 1 amide bonds. The van der Waals surface area contributed by atoms with Crippen molar-refractivity contribution in [3.8, 4) is 0 Å². The molecule has 98 valence electrons. The lowest BCUT2D eigenvalue weighted by Gasteiger charge is -2.31. The number of likely N-dealkylation sites (tertiary alicyclic amines) is 1. The number of carbonyl (C=O) groups is 1. The van der Waals surface area contributed by atoms with Crippen LogP contribution in [0.1, 0.15) is 25.5 Å². The third-order valence-corrected chi connectivity index (χ3v) is 3.52. The highest BCUT2D eigenvalue weighted by Crippen LogP contribution is 2.17. The molecule has 1 aromatic rings. The van der Waals surface area contributed by atoms with Gasteiger partial charge in [-0.1, -0.05) is 6.07 Å². The maximum Gasteiger partial charge on any atom is 0.219 e. The fourth-order valence-electron chi connectivity index (χ4n) is 2.34. The summed E-state index contributed by atoms with van der Waals surface area (Å²) in [6.07, 6.45) is 2.16. The summed E-state index contributed by atoms with van der Waals surface area (Å²) in [6, 6.07) is 6.01. The Hall–Kier alpha value is -1.58. The maximum atomic E-state index is 11.2. The van der Waals surface area contributed by atoms with Gasteiger partial charge < -0.3 is 10.2 Å². The number of pyridine rings is 1. The molecule has 1 saturated heterocycles. The monoisotopic (exact) mass is 247 g/mol. The van der Waals surface area contributed by atoms with Crippen LogP contribution in [-0.2, 0) is 4.79 Å². The van der Waals surface area contributed by atoms with Crippen LogP contribution in [0.5, 0.6) is 0 Å². The summed E-state index contributed by atoms with van der Waals surface area (Å²) in [5.74, 6) is 1.79. The van der Waals surface area contributed by atoms with Gasteiger partial charge in [0, 0.05) is 32.3 Å². The molecule has 18 heavy (non-hydrogen) atoms. The highest BCUT2D eigenvalue weighted by molar-refractivity contribution is 5.73. The Labute approximate surface area is 108 Å². The van der Waals surface area contributed by atoms with Crippen molar-refractivity contribution in [2.24, 2.45) is 5.92 Å². The average Bonchev–Trinajstić information content (AvgIpc) is 2.37. The zero-order valence-corrected chi connectivity index (χ0v) is 11.1. The lowest BCUT2D eigenvalue weighted by Crippen LogP contribution is -2.38. The zero-order chi connectivity index (χ0) is 13.0. The fraction of sp³-hybridized carbons (Fsp3) is 0.571. The minimum atomic E-state index is 0.196. The Morgan fingerprint density at radius 3 is 2.78 bits per heavy atom. The number of hydrogen-bond acceptors (Lipinski definition) is 3. The van der Waals surface area contributed by atoms with Gasteiger partial charge >= 0.3 is 0 Å². The summed E-state index contributed by atoms with van der Waals surface area (Å²) in [7, 11) is 0. The van der Waals surface area contributed by atoms with Crippen LogP contribution < -0.4 is 5.32 Å². The van der Waals surface area contributed by atoms with E-state index >= 15 is 0 Å². The van der Waals surface area contributed by atoms with Crippen molar-refractivity contribution < 1.29 is 4.79 Å². The number of amides is 1. The zero-order valence-electron chi connectivity index (χ0n) is 11.1. The molecule has 0 saturated carbocycles. The Bertz CT molecular complexity index is 411. The lowest BCUT2D eigenvalue weighted by atomic mass is 9.97. The Morgan fingerprint density at radius 2 is 2.17 bits per heavy atom. The first-order chi connectivity index (χ1) is 8.65. The molecule has 2 heterocycles. The standard InChI is InChI=1S/C14H21N3O/c1-11-4-3-5-14(16-11)15-10-13-6-8-17(9-7-13)12(2)18/h3-5,13H,6-10H2,1-2H3,(H,15,16). The first-order valence-corrected chi connectivity index (χ1v) is 6.58. The highest BCUT2D eigenvalue weighted by Gasteiger charge is 2.20. The third kappa shape index (κ3) is 3.45. The van der Waals surface area contributed by atoms with Gasteiger partial charge in [0.05, 0.1) is 0 Å². The van der Waals surface area contributed by atoms with Crippen LogP contribution in [0.2, 0.25) is 0 Å². The SMILES string of the molecule is CC(=O)N1CCC(CNc2cccc(C)n2)CC1. The van der Waals surface area contributed by atoms with E-state index in [9.17, 15) is 4.79 Å². The number of carbonyl (C=O) groups excluding carboxylic acids is 1. The predicted molar refractivity (Wildman–Crippen MR) is 72.4 cm³/mol. The molecule has 1 aliphatic heterocycles. The number of piperidine rings is 1. The average molecular weight is 247 g/mol. The van der Waals surface area contributed by atoms with Gasteiger partial charge in [-0.2, -0.15) is 0 Å². The fourth-order valence-corrected chi connectivity index (χ4v) is 2.34. The number of hydrogen-bond donors (Lipinski definition) is 1.